The van der Waals surface area contributed by atoms with Gasteiger partial charge in [-0.15, -0.1) is 0 Å². The van der Waals surface area contributed by atoms with Crippen molar-refractivity contribution < 1.29 is 14.3 Å². The average Bonchev–Trinajstić information content (AvgIpc) is 2.44. The van der Waals surface area contributed by atoms with Gasteiger partial charge in [-0.05, 0) is 29.8 Å². The number of ether oxygens (including phenoxy) is 2. The van der Waals surface area contributed by atoms with Crippen molar-refractivity contribution in [1.82, 2.24) is 9.78 Å². The molecule has 0 spiro atoms. The highest BCUT2D eigenvalue weighted by Crippen LogP contribution is 2.29. The minimum atomic E-state index is -0.490. The molecule has 0 saturated carbocycles. The largest absolute Gasteiger partial charge is 0.474 e. The molecule has 0 amide bonds. The Hall–Kier alpha value is -1.04. The molecule has 0 aliphatic heterocycles. The third kappa shape index (κ3) is 2.50. The number of carbonyl (C=O) groups excluding carboxylic acids is 1. The van der Waals surface area contributed by atoms with Gasteiger partial charge in [-0.2, -0.15) is 5.10 Å². The van der Waals surface area contributed by atoms with Crippen molar-refractivity contribution in [2.75, 3.05) is 7.11 Å². The van der Waals surface area contributed by atoms with Gasteiger partial charge in [-0.1, -0.05) is 0 Å². The molecule has 1 aromatic rings. The van der Waals surface area contributed by atoms with E-state index in [0.717, 1.165) is 0 Å². The molecular weight excluding hydrogens is 264 g/mol. The zero-order valence-electron chi connectivity index (χ0n) is 9.07. The molecule has 0 radical (unpaired) electrons. The Balaban J connectivity index is 3.08. The van der Waals surface area contributed by atoms with Crippen LogP contribution in [0.2, 0.25) is 0 Å². The van der Waals surface area contributed by atoms with Gasteiger partial charge >= 0.3 is 5.97 Å². The van der Waals surface area contributed by atoms with E-state index in [1.807, 2.05) is 13.8 Å². The van der Waals surface area contributed by atoms with E-state index in [4.69, 9.17) is 4.74 Å². The second kappa shape index (κ2) is 4.65. The number of esters is 1. The quantitative estimate of drug-likeness (QED) is 0.790. The Kier molecular flexibility index (Phi) is 3.73. The molecule has 5 nitrogen and oxygen atoms in total. The summed E-state index contributed by atoms with van der Waals surface area (Å²) in [4.78, 5) is 11.3. The number of halogens is 1. The molecule has 1 heterocycles. The van der Waals surface area contributed by atoms with E-state index >= 15 is 0 Å². The zero-order valence-corrected chi connectivity index (χ0v) is 10.7. The maximum absolute atomic E-state index is 11.3. The predicted molar refractivity (Wildman–Crippen MR) is 58.0 cm³/mol. The molecule has 0 unspecified atom stereocenters. The number of rotatable bonds is 3. The lowest BCUT2D eigenvalue weighted by atomic mass is 10.4. The van der Waals surface area contributed by atoms with Gasteiger partial charge in [0.05, 0.1) is 13.2 Å². The van der Waals surface area contributed by atoms with Crippen LogP contribution in [0.1, 0.15) is 24.3 Å². The smallest absolute Gasteiger partial charge is 0.359 e. The monoisotopic (exact) mass is 276 g/mol. The number of nitrogens with zero attached hydrogens (tertiary/aromatic N) is 2. The van der Waals surface area contributed by atoms with Gasteiger partial charge in [-0.25, -0.2) is 9.48 Å². The lowest BCUT2D eigenvalue weighted by Crippen LogP contribution is -2.09. The predicted octanol–water partition coefficient (Wildman–Crippen LogP) is 1.76. The van der Waals surface area contributed by atoms with Gasteiger partial charge in [0.25, 0.3) is 0 Å². The Morgan fingerprint density at radius 2 is 2.13 bits per heavy atom. The van der Waals surface area contributed by atoms with Crippen molar-refractivity contribution in [3.63, 3.8) is 0 Å². The van der Waals surface area contributed by atoms with E-state index in [1.165, 1.54) is 11.8 Å². The van der Waals surface area contributed by atoms with Crippen molar-refractivity contribution in [1.29, 1.82) is 0 Å². The van der Waals surface area contributed by atoms with Gasteiger partial charge < -0.3 is 9.47 Å². The maximum Gasteiger partial charge on any atom is 0.359 e. The Morgan fingerprint density at radius 3 is 2.60 bits per heavy atom. The van der Waals surface area contributed by atoms with Crippen LogP contribution in [0.25, 0.3) is 0 Å². The summed E-state index contributed by atoms with van der Waals surface area (Å²) in [6.07, 6.45) is 0.0159. The van der Waals surface area contributed by atoms with E-state index in [2.05, 4.69) is 25.8 Å². The van der Waals surface area contributed by atoms with Gasteiger partial charge in [0.1, 0.15) is 4.47 Å². The molecule has 0 saturated heterocycles. The van der Waals surface area contributed by atoms with E-state index < -0.39 is 5.97 Å². The molecule has 0 aliphatic carbocycles. The summed E-state index contributed by atoms with van der Waals surface area (Å²) in [6.45, 7) is 3.80. The van der Waals surface area contributed by atoms with Gasteiger partial charge in [0.2, 0.25) is 5.88 Å². The topological polar surface area (TPSA) is 53.3 Å². The number of hydrogen-bond acceptors (Lipinski definition) is 4. The van der Waals surface area contributed by atoms with Crippen LogP contribution in [-0.2, 0) is 11.8 Å². The molecule has 15 heavy (non-hydrogen) atoms. The summed E-state index contributed by atoms with van der Waals surface area (Å²) in [5.41, 5.74) is 0.218. The average molecular weight is 277 g/mol. The third-order valence-corrected chi connectivity index (χ3v) is 2.38. The highest BCUT2D eigenvalue weighted by molar-refractivity contribution is 9.10. The fourth-order valence-electron chi connectivity index (χ4n) is 1.06. The Labute approximate surface area is 96.5 Å². The highest BCUT2D eigenvalue weighted by atomic mass is 79.9. The second-order valence-corrected chi connectivity index (χ2v) is 4.04. The number of methoxy groups -OCH3 is 1. The van der Waals surface area contributed by atoms with Crippen LogP contribution in [0, 0.1) is 0 Å². The normalized spacial score (nSPS) is 10.5. The molecule has 0 atom stereocenters. The SMILES string of the molecule is COC(=O)c1nn(C)c(OC(C)C)c1Br. The van der Waals surface area contributed by atoms with Gasteiger partial charge in [0.15, 0.2) is 5.69 Å². The first kappa shape index (κ1) is 12.0. The minimum Gasteiger partial charge on any atom is -0.474 e. The third-order valence-electron chi connectivity index (χ3n) is 1.67. The lowest BCUT2D eigenvalue weighted by Gasteiger charge is -2.09. The molecule has 0 bridgehead atoms. The first-order valence-corrected chi connectivity index (χ1v) is 5.24. The van der Waals surface area contributed by atoms with E-state index in [-0.39, 0.29) is 11.8 Å². The van der Waals surface area contributed by atoms with Gasteiger partial charge in [0, 0.05) is 7.05 Å². The van der Waals surface area contributed by atoms with Crippen molar-refractivity contribution in [3.8, 4) is 5.88 Å². The zero-order chi connectivity index (χ0) is 11.6. The molecule has 6 heteroatoms. The Bertz CT molecular complexity index is 374. The number of carbonyl (C=O) groups is 1. The second-order valence-electron chi connectivity index (χ2n) is 3.25. The van der Waals surface area contributed by atoms with Crippen LogP contribution in [0.5, 0.6) is 5.88 Å². The summed E-state index contributed by atoms with van der Waals surface area (Å²) in [5, 5.41) is 4.00. The molecule has 0 N–H and O–H groups in total. The van der Waals surface area contributed by atoms with Gasteiger partial charge in [-0.3, -0.25) is 0 Å². The van der Waals surface area contributed by atoms with Crippen LogP contribution in [-0.4, -0.2) is 29.0 Å². The van der Waals surface area contributed by atoms with Crippen LogP contribution < -0.4 is 4.74 Å². The molecular formula is C9H13BrN2O3. The molecule has 0 fully saturated rings. The molecule has 1 rings (SSSR count). The molecule has 1 aromatic heterocycles. The lowest BCUT2D eigenvalue weighted by molar-refractivity contribution is 0.0592. The van der Waals surface area contributed by atoms with Crippen LogP contribution >= 0.6 is 15.9 Å². The minimum absolute atomic E-state index is 0.0159. The highest BCUT2D eigenvalue weighted by Gasteiger charge is 2.22. The van der Waals surface area contributed by atoms with Crippen molar-refractivity contribution in [3.05, 3.63) is 10.2 Å². The van der Waals surface area contributed by atoms with Crippen LogP contribution in [0.4, 0.5) is 0 Å². The van der Waals surface area contributed by atoms with Crippen molar-refractivity contribution in [2.45, 2.75) is 20.0 Å². The first-order chi connectivity index (χ1) is 6.97. The standard InChI is InChI=1S/C9H13BrN2O3/c1-5(2)15-8-6(10)7(9(13)14-4)11-12(8)3/h5H,1-4H3. The maximum atomic E-state index is 11.3. The first-order valence-electron chi connectivity index (χ1n) is 4.44. The fourth-order valence-corrected chi connectivity index (χ4v) is 1.65. The van der Waals surface area contributed by atoms with Crippen molar-refractivity contribution >= 4 is 21.9 Å². The van der Waals surface area contributed by atoms with E-state index in [0.29, 0.717) is 10.4 Å². The van der Waals surface area contributed by atoms with Crippen LogP contribution in [0.15, 0.2) is 4.47 Å². The van der Waals surface area contributed by atoms with Crippen LogP contribution in [0.3, 0.4) is 0 Å². The van der Waals surface area contributed by atoms with E-state index in [9.17, 15) is 4.79 Å². The number of aromatic nitrogens is 2. The summed E-state index contributed by atoms with van der Waals surface area (Å²) in [6, 6.07) is 0. The molecule has 84 valence electrons. The molecule has 0 aromatic carbocycles. The fraction of sp³-hybridized carbons (Fsp3) is 0.556. The van der Waals surface area contributed by atoms with E-state index in [1.54, 1.807) is 7.05 Å². The number of hydrogen-bond donors (Lipinski definition) is 0. The number of aryl methyl sites for hydroxylation is 1. The molecule has 0 aliphatic rings. The van der Waals surface area contributed by atoms with Crippen molar-refractivity contribution in [2.24, 2.45) is 7.05 Å². The summed E-state index contributed by atoms with van der Waals surface area (Å²) >= 11 is 3.26. The summed E-state index contributed by atoms with van der Waals surface area (Å²) in [5.74, 6) is 0.0291. The summed E-state index contributed by atoms with van der Waals surface area (Å²) in [7, 11) is 3.02. The summed E-state index contributed by atoms with van der Waals surface area (Å²) < 4.78 is 12.1. The Morgan fingerprint density at radius 1 is 1.53 bits per heavy atom.